The molecule has 1 unspecified atom stereocenters. The van der Waals surface area contributed by atoms with Crippen LogP contribution in [0.4, 0.5) is 0 Å². The molecule has 0 radical (unpaired) electrons. The van der Waals surface area contributed by atoms with Crippen molar-refractivity contribution >= 4 is 29.2 Å². The zero-order valence-corrected chi connectivity index (χ0v) is 15.4. The number of carboxylic acids is 1. The van der Waals surface area contributed by atoms with Gasteiger partial charge in [-0.1, -0.05) is 23.2 Å². The van der Waals surface area contributed by atoms with Crippen molar-refractivity contribution in [3.05, 3.63) is 28.2 Å². The molecule has 1 aromatic carbocycles. The molecule has 1 saturated heterocycles. The van der Waals surface area contributed by atoms with Crippen LogP contribution in [0, 0.1) is 0 Å². The Hall–Kier alpha value is -1.01. The first-order valence-electron chi connectivity index (χ1n) is 8.17. The molecule has 134 valence electrons. The van der Waals surface area contributed by atoms with Gasteiger partial charge in [-0.05, 0) is 57.6 Å². The number of rotatable bonds is 7. The van der Waals surface area contributed by atoms with Crippen LogP contribution in [-0.4, -0.2) is 66.8 Å². The quantitative estimate of drug-likeness (QED) is 0.793. The van der Waals surface area contributed by atoms with Crippen LogP contribution in [0.25, 0.3) is 0 Å². The third kappa shape index (κ3) is 6.48. The molecular formula is C17H24Cl2N2O3. The van der Waals surface area contributed by atoms with E-state index in [1.54, 1.807) is 18.2 Å². The highest BCUT2D eigenvalue weighted by molar-refractivity contribution is 6.34. The van der Waals surface area contributed by atoms with Crippen LogP contribution < -0.4 is 4.74 Å². The molecule has 1 atom stereocenters. The minimum Gasteiger partial charge on any atom is -0.492 e. The predicted octanol–water partition coefficient (Wildman–Crippen LogP) is 3.24. The molecule has 1 heterocycles. The van der Waals surface area contributed by atoms with E-state index in [-0.39, 0.29) is 6.54 Å². The summed E-state index contributed by atoms with van der Waals surface area (Å²) in [6.07, 6.45) is 3.08. The summed E-state index contributed by atoms with van der Waals surface area (Å²) in [5.74, 6) is -0.0893. The van der Waals surface area contributed by atoms with E-state index in [9.17, 15) is 4.79 Å². The Morgan fingerprint density at radius 1 is 1.29 bits per heavy atom. The number of ether oxygens (including phenoxy) is 1. The van der Waals surface area contributed by atoms with Crippen molar-refractivity contribution in [3.8, 4) is 5.75 Å². The zero-order chi connectivity index (χ0) is 17.5. The van der Waals surface area contributed by atoms with Gasteiger partial charge in [0, 0.05) is 22.6 Å². The molecule has 24 heavy (non-hydrogen) atoms. The first-order chi connectivity index (χ1) is 11.4. The molecule has 0 amide bonds. The second kappa shape index (κ2) is 9.47. The van der Waals surface area contributed by atoms with Crippen LogP contribution in [0.15, 0.2) is 18.2 Å². The lowest BCUT2D eigenvalue weighted by molar-refractivity contribution is -0.138. The van der Waals surface area contributed by atoms with Gasteiger partial charge >= 0.3 is 5.97 Å². The molecule has 1 aromatic rings. The lowest BCUT2D eigenvalue weighted by Gasteiger charge is -2.25. The van der Waals surface area contributed by atoms with Crippen LogP contribution in [0.2, 0.25) is 10.0 Å². The highest BCUT2D eigenvalue weighted by Crippen LogP contribution is 2.24. The summed E-state index contributed by atoms with van der Waals surface area (Å²) in [5.41, 5.74) is 0. The first kappa shape index (κ1) is 19.3. The number of likely N-dealkylation sites (N-methyl/N-ethyl adjacent to an activating group) is 1. The van der Waals surface area contributed by atoms with Crippen molar-refractivity contribution in [1.29, 1.82) is 0 Å². The number of hydrogen-bond acceptors (Lipinski definition) is 4. The molecule has 0 aromatic heterocycles. The number of benzene rings is 1. The fourth-order valence-corrected chi connectivity index (χ4v) is 3.56. The molecule has 1 aliphatic heterocycles. The van der Waals surface area contributed by atoms with Crippen molar-refractivity contribution < 1.29 is 14.6 Å². The fraction of sp³-hybridized carbons (Fsp3) is 0.588. The van der Waals surface area contributed by atoms with Gasteiger partial charge in [-0.15, -0.1) is 0 Å². The Morgan fingerprint density at radius 3 is 2.67 bits per heavy atom. The van der Waals surface area contributed by atoms with E-state index in [1.807, 2.05) is 11.9 Å². The van der Waals surface area contributed by atoms with Crippen molar-refractivity contribution in [1.82, 2.24) is 9.80 Å². The number of nitrogens with zero attached hydrogens (tertiary/aromatic N) is 2. The molecule has 2 rings (SSSR count). The molecule has 7 heteroatoms. The maximum Gasteiger partial charge on any atom is 0.317 e. The average Bonchev–Trinajstić information content (AvgIpc) is 2.71. The summed E-state index contributed by atoms with van der Waals surface area (Å²) in [5, 5.41) is 10.0. The van der Waals surface area contributed by atoms with Gasteiger partial charge in [0.2, 0.25) is 0 Å². The molecule has 0 saturated carbocycles. The van der Waals surface area contributed by atoms with E-state index in [2.05, 4.69) is 4.90 Å². The van der Waals surface area contributed by atoms with Crippen LogP contribution in [0.3, 0.4) is 0 Å². The maximum atomic E-state index is 10.8. The number of aliphatic carboxylic acids is 1. The number of carbonyl (C=O) groups is 1. The topological polar surface area (TPSA) is 53.0 Å². The first-order valence-corrected chi connectivity index (χ1v) is 8.93. The lowest BCUT2D eigenvalue weighted by Crippen LogP contribution is -2.37. The molecule has 1 N–H and O–H groups in total. The lowest BCUT2D eigenvalue weighted by atomic mass is 10.1. The summed E-state index contributed by atoms with van der Waals surface area (Å²) < 4.78 is 5.74. The van der Waals surface area contributed by atoms with Gasteiger partial charge in [0.25, 0.3) is 0 Å². The fourth-order valence-electron chi connectivity index (χ4n) is 3.05. The van der Waals surface area contributed by atoms with E-state index in [1.165, 1.54) is 0 Å². The van der Waals surface area contributed by atoms with E-state index < -0.39 is 5.97 Å². The third-order valence-corrected chi connectivity index (χ3v) is 4.75. The summed E-state index contributed by atoms with van der Waals surface area (Å²) in [6.45, 7) is 3.47. The van der Waals surface area contributed by atoms with Gasteiger partial charge in [0.1, 0.15) is 12.4 Å². The Bertz CT molecular complexity index is 536. The molecule has 0 bridgehead atoms. The molecule has 1 fully saturated rings. The normalized spacial score (nSPS) is 19.2. The van der Waals surface area contributed by atoms with Crippen LogP contribution in [0.5, 0.6) is 5.75 Å². The van der Waals surface area contributed by atoms with Crippen LogP contribution in [-0.2, 0) is 4.79 Å². The number of halogens is 2. The van der Waals surface area contributed by atoms with Gasteiger partial charge in [0.15, 0.2) is 0 Å². The van der Waals surface area contributed by atoms with Gasteiger partial charge in [0.05, 0.1) is 6.54 Å². The van der Waals surface area contributed by atoms with Gasteiger partial charge in [-0.2, -0.15) is 0 Å². The number of likely N-dealkylation sites (tertiary alicyclic amines) is 1. The maximum absolute atomic E-state index is 10.8. The second-order valence-electron chi connectivity index (χ2n) is 6.19. The average molecular weight is 375 g/mol. The zero-order valence-electron chi connectivity index (χ0n) is 13.9. The van der Waals surface area contributed by atoms with Gasteiger partial charge < -0.3 is 9.84 Å². The van der Waals surface area contributed by atoms with E-state index in [0.717, 1.165) is 38.9 Å². The van der Waals surface area contributed by atoms with E-state index in [0.29, 0.717) is 28.4 Å². The SMILES string of the molecule is CN(CC(=O)O)C1CCCN(CCOc2cc(Cl)cc(Cl)c2)CC1. The van der Waals surface area contributed by atoms with Crippen molar-refractivity contribution in [2.45, 2.75) is 25.3 Å². The number of carboxylic acid groups (broad SMARTS) is 1. The van der Waals surface area contributed by atoms with Gasteiger partial charge in [-0.25, -0.2) is 0 Å². The Kier molecular flexibility index (Phi) is 7.62. The van der Waals surface area contributed by atoms with Crippen LogP contribution >= 0.6 is 23.2 Å². The minimum absolute atomic E-state index is 0.100. The summed E-state index contributed by atoms with van der Waals surface area (Å²) in [4.78, 5) is 15.1. The monoisotopic (exact) mass is 374 g/mol. The van der Waals surface area contributed by atoms with Crippen molar-refractivity contribution in [3.63, 3.8) is 0 Å². The largest absolute Gasteiger partial charge is 0.492 e. The highest BCUT2D eigenvalue weighted by atomic mass is 35.5. The molecule has 5 nitrogen and oxygen atoms in total. The smallest absolute Gasteiger partial charge is 0.317 e. The van der Waals surface area contributed by atoms with Gasteiger partial charge in [-0.3, -0.25) is 14.6 Å². The predicted molar refractivity (Wildman–Crippen MR) is 96.3 cm³/mol. The number of hydrogen-bond donors (Lipinski definition) is 1. The second-order valence-corrected chi connectivity index (χ2v) is 7.06. The Balaban J connectivity index is 1.75. The van der Waals surface area contributed by atoms with Crippen molar-refractivity contribution in [2.24, 2.45) is 0 Å². The van der Waals surface area contributed by atoms with E-state index >= 15 is 0 Å². The molecule has 0 spiro atoms. The third-order valence-electron chi connectivity index (χ3n) is 4.31. The molecular weight excluding hydrogens is 351 g/mol. The summed E-state index contributed by atoms with van der Waals surface area (Å²) >= 11 is 11.9. The summed E-state index contributed by atoms with van der Waals surface area (Å²) in [7, 11) is 1.89. The van der Waals surface area contributed by atoms with E-state index in [4.69, 9.17) is 33.0 Å². The highest BCUT2D eigenvalue weighted by Gasteiger charge is 2.21. The molecule has 0 aliphatic carbocycles. The summed E-state index contributed by atoms with van der Waals surface area (Å²) in [6, 6.07) is 5.52. The Morgan fingerprint density at radius 2 is 2.00 bits per heavy atom. The molecule has 1 aliphatic rings. The van der Waals surface area contributed by atoms with Crippen molar-refractivity contribution in [2.75, 3.05) is 39.8 Å². The van der Waals surface area contributed by atoms with Crippen LogP contribution in [0.1, 0.15) is 19.3 Å². The minimum atomic E-state index is -0.771. The Labute approximate surface area is 153 Å². The standard InChI is InChI=1S/C17H24Cl2N2O3/c1-20(12-17(22)23)15-3-2-5-21(6-4-15)7-8-24-16-10-13(18)9-14(19)11-16/h9-11,15H,2-8,12H2,1H3,(H,22,23).